The van der Waals surface area contributed by atoms with E-state index >= 15 is 0 Å². The van der Waals surface area contributed by atoms with E-state index in [1.54, 1.807) is 66.5 Å². The minimum Gasteiger partial charge on any atom is -0.439 e. The van der Waals surface area contributed by atoms with Gasteiger partial charge in [0, 0.05) is 49.5 Å². The Balaban J connectivity index is 1.43. The van der Waals surface area contributed by atoms with Gasteiger partial charge in [0.1, 0.15) is 11.6 Å². The van der Waals surface area contributed by atoms with E-state index < -0.39 is 0 Å². The summed E-state index contributed by atoms with van der Waals surface area (Å²) in [5.74, 6) is 2.03. The molecule has 0 unspecified atom stereocenters. The summed E-state index contributed by atoms with van der Waals surface area (Å²) in [7, 11) is 3.92. The predicted molar refractivity (Wildman–Crippen MR) is 119 cm³/mol. The fourth-order valence-corrected chi connectivity index (χ4v) is 2.94. The molecule has 0 aliphatic rings. The molecule has 31 heavy (non-hydrogen) atoms. The van der Waals surface area contributed by atoms with Crippen LogP contribution in [0, 0.1) is 6.92 Å². The van der Waals surface area contributed by atoms with Crippen LogP contribution < -0.4 is 15.0 Å². The van der Waals surface area contributed by atoms with E-state index in [2.05, 4.69) is 20.4 Å². The van der Waals surface area contributed by atoms with Crippen LogP contribution in [0.4, 0.5) is 11.4 Å². The van der Waals surface area contributed by atoms with Gasteiger partial charge in [-0.15, -0.1) is 0 Å². The summed E-state index contributed by atoms with van der Waals surface area (Å²) in [5.41, 5.74) is 2.30. The van der Waals surface area contributed by atoms with Crippen LogP contribution >= 0.6 is 0 Å². The summed E-state index contributed by atoms with van der Waals surface area (Å²) in [5, 5.41) is 7.07. The fourth-order valence-electron chi connectivity index (χ4n) is 2.94. The zero-order valence-corrected chi connectivity index (χ0v) is 17.5. The van der Waals surface area contributed by atoms with Crippen molar-refractivity contribution in [2.24, 2.45) is 0 Å². The molecule has 0 saturated heterocycles. The molecule has 0 aliphatic carbocycles. The predicted octanol–water partition coefficient (Wildman–Crippen LogP) is 4.08. The molecule has 2 heterocycles. The number of carbonyl (C=O) groups excluding carboxylic acids is 1. The molecule has 156 valence electrons. The number of amides is 1. The van der Waals surface area contributed by atoms with Gasteiger partial charge in [-0.25, -0.2) is 9.67 Å². The van der Waals surface area contributed by atoms with Crippen molar-refractivity contribution in [2.75, 3.05) is 24.3 Å². The number of anilines is 2. The largest absolute Gasteiger partial charge is 0.439 e. The summed E-state index contributed by atoms with van der Waals surface area (Å²) in [6.07, 6.45) is 3.48. The molecule has 4 aromatic rings. The van der Waals surface area contributed by atoms with Gasteiger partial charge in [0.15, 0.2) is 5.82 Å². The molecule has 2 aromatic carbocycles. The lowest BCUT2D eigenvalue weighted by Crippen LogP contribution is -2.13. The Morgan fingerprint density at radius 3 is 2.42 bits per heavy atom. The average molecular weight is 414 g/mol. The van der Waals surface area contributed by atoms with Gasteiger partial charge in [0.25, 0.3) is 5.91 Å². The third-order valence-electron chi connectivity index (χ3n) is 4.52. The van der Waals surface area contributed by atoms with Crippen LogP contribution in [0.25, 0.3) is 5.82 Å². The topological polar surface area (TPSA) is 85.2 Å². The molecule has 2 aromatic heterocycles. The molecule has 0 bridgehead atoms. The van der Waals surface area contributed by atoms with Gasteiger partial charge in [-0.2, -0.15) is 10.1 Å². The number of rotatable bonds is 6. The van der Waals surface area contributed by atoms with Crippen LogP contribution in [0.3, 0.4) is 0 Å². The van der Waals surface area contributed by atoms with Crippen molar-refractivity contribution < 1.29 is 9.53 Å². The number of aromatic nitrogens is 4. The van der Waals surface area contributed by atoms with Crippen molar-refractivity contribution in [1.82, 2.24) is 19.7 Å². The standard InChI is InChI=1S/C23H22N6O2/c1-16-25-21(29-14-4-13-24-29)15-22(26-16)31-20-11-7-18(8-12-20)27-23(30)17-5-9-19(10-6-17)28(2)3/h4-15H,1-3H3,(H,27,30). The molecule has 8 heteroatoms. The zero-order chi connectivity index (χ0) is 21.8. The lowest BCUT2D eigenvalue weighted by Gasteiger charge is -2.13. The molecule has 0 atom stereocenters. The fraction of sp³-hybridized carbons (Fsp3) is 0.130. The number of hydrogen-bond donors (Lipinski definition) is 1. The Morgan fingerprint density at radius 1 is 1.03 bits per heavy atom. The van der Waals surface area contributed by atoms with Crippen molar-refractivity contribution in [3.8, 4) is 17.4 Å². The van der Waals surface area contributed by atoms with Crippen molar-refractivity contribution >= 4 is 17.3 Å². The first kappa shape index (κ1) is 20.1. The number of benzene rings is 2. The van der Waals surface area contributed by atoms with Crippen LogP contribution in [0.2, 0.25) is 0 Å². The SMILES string of the molecule is Cc1nc(Oc2ccc(NC(=O)c3ccc(N(C)C)cc3)cc2)cc(-n2cccn2)n1. The molecular formula is C23H22N6O2. The molecule has 4 rings (SSSR count). The molecular weight excluding hydrogens is 392 g/mol. The number of carbonyl (C=O) groups is 1. The summed E-state index contributed by atoms with van der Waals surface area (Å²) < 4.78 is 7.51. The number of aryl methyl sites for hydroxylation is 1. The summed E-state index contributed by atoms with van der Waals surface area (Å²) >= 11 is 0. The van der Waals surface area contributed by atoms with Crippen LogP contribution in [0.1, 0.15) is 16.2 Å². The maximum absolute atomic E-state index is 12.5. The normalized spacial score (nSPS) is 10.5. The van der Waals surface area contributed by atoms with E-state index in [0.29, 0.717) is 34.5 Å². The van der Waals surface area contributed by atoms with Gasteiger partial charge in [-0.3, -0.25) is 4.79 Å². The van der Waals surface area contributed by atoms with Gasteiger partial charge < -0.3 is 15.0 Å². The van der Waals surface area contributed by atoms with Crippen LogP contribution in [-0.2, 0) is 0 Å². The van der Waals surface area contributed by atoms with Gasteiger partial charge in [-0.05, 0) is 61.5 Å². The summed E-state index contributed by atoms with van der Waals surface area (Å²) in [6.45, 7) is 1.80. The van der Waals surface area contributed by atoms with Crippen LogP contribution in [0.5, 0.6) is 11.6 Å². The first-order valence-corrected chi connectivity index (χ1v) is 9.70. The third-order valence-corrected chi connectivity index (χ3v) is 4.52. The Hall–Kier alpha value is -4.20. The summed E-state index contributed by atoms with van der Waals surface area (Å²) in [6, 6.07) is 18.1. The lowest BCUT2D eigenvalue weighted by molar-refractivity contribution is 0.102. The van der Waals surface area contributed by atoms with E-state index in [4.69, 9.17) is 4.74 Å². The lowest BCUT2D eigenvalue weighted by atomic mass is 10.2. The summed E-state index contributed by atoms with van der Waals surface area (Å²) in [4.78, 5) is 23.2. The molecule has 1 N–H and O–H groups in total. The van der Waals surface area contributed by atoms with E-state index in [-0.39, 0.29) is 5.91 Å². The van der Waals surface area contributed by atoms with Crippen LogP contribution in [0.15, 0.2) is 73.1 Å². The molecule has 0 fully saturated rings. The van der Waals surface area contributed by atoms with Gasteiger partial charge in [-0.1, -0.05) is 0 Å². The highest BCUT2D eigenvalue weighted by Crippen LogP contribution is 2.23. The smallest absolute Gasteiger partial charge is 0.255 e. The highest BCUT2D eigenvalue weighted by atomic mass is 16.5. The highest BCUT2D eigenvalue weighted by Gasteiger charge is 2.09. The van der Waals surface area contributed by atoms with E-state index in [1.165, 1.54) is 0 Å². The van der Waals surface area contributed by atoms with Crippen molar-refractivity contribution in [3.05, 3.63) is 84.4 Å². The minimum atomic E-state index is -0.172. The number of hydrogen-bond acceptors (Lipinski definition) is 6. The molecule has 0 aliphatic heterocycles. The Bertz CT molecular complexity index is 1170. The maximum Gasteiger partial charge on any atom is 0.255 e. The van der Waals surface area contributed by atoms with E-state index in [0.717, 1.165) is 5.69 Å². The van der Waals surface area contributed by atoms with Gasteiger partial charge in [0.05, 0.1) is 0 Å². The van der Waals surface area contributed by atoms with E-state index in [9.17, 15) is 4.79 Å². The molecule has 0 radical (unpaired) electrons. The highest BCUT2D eigenvalue weighted by molar-refractivity contribution is 6.04. The second-order valence-electron chi connectivity index (χ2n) is 7.08. The Kier molecular flexibility index (Phi) is 5.61. The Labute approximate surface area is 180 Å². The average Bonchev–Trinajstić information content (AvgIpc) is 3.30. The second-order valence-corrected chi connectivity index (χ2v) is 7.08. The Morgan fingerprint density at radius 2 is 1.77 bits per heavy atom. The van der Waals surface area contributed by atoms with E-state index in [1.807, 2.05) is 37.2 Å². The first-order chi connectivity index (χ1) is 15.0. The van der Waals surface area contributed by atoms with Crippen LogP contribution in [-0.4, -0.2) is 39.8 Å². The van der Waals surface area contributed by atoms with Crippen molar-refractivity contribution in [1.29, 1.82) is 0 Å². The number of nitrogens with one attached hydrogen (secondary N) is 1. The minimum absolute atomic E-state index is 0.172. The molecule has 0 saturated carbocycles. The first-order valence-electron chi connectivity index (χ1n) is 9.70. The monoisotopic (exact) mass is 414 g/mol. The molecule has 8 nitrogen and oxygen atoms in total. The molecule has 1 amide bonds. The zero-order valence-electron chi connectivity index (χ0n) is 17.5. The molecule has 0 spiro atoms. The maximum atomic E-state index is 12.5. The number of nitrogens with zero attached hydrogens (tertiary/aromatic N) is 5. The third kappa shape index (κ3) is 4.87. The number of ether oxygens (including phenoxy) is 1. The second kappa shape index (κ2) is 8.66. The van der Waals surface area contributed by atoms with Crippen molar-refractivity contribution in [2.45, 2.75) is 6.92 Å². The van der Waals surface area contributed by atoms with Crippen molar-refractivity contribution in [3.63, 3.8) is 0 Å². The van der Waals surface area contributed by atoms with Gasteiger partial charge in [0.2, 0.25) is 5.88 Å². The quantitative estimate of drug-likeness (QED) is 0.512. The van der Waals surface area contributed by atoms with Gasteiger partial charge >= 0.3 is 0 Å².